The van der Waals surface area contributed by atoms with Gasteiger partial charge in [0.25, 0.3) is 0 Å². The lowest BCUT2D eigenvalue weighted by molar-refractivity contribution is 0.188. The third kappa shape index (κ3) is 4.46. The summed E-state index contributed by atoms with van der Waals surface area (Å²) < 4.78 is 7.21. The van der Waals surface area contributed by atoms with Crippen molar-refractivity contribution < 1.29 is 14.6 Å². The van der Waals surface area contributed by atoms with E-state index in [2.05, 4.69) is 15.2 Å². The number of aliphatic hydroxyl groups is 1. The van der Waals surface area contributed by atoms with Crippen LogP contribution < -0.4 is 10.6 Å². The molecule has 1 aromatic carbocycles. The predicted molar refractivity (Wildman–Crippen MR) is 91.7 cm³/mol. The zero-order valence-corrected chi connectivity index (χ0v) is 13.9. The summed E-state index contributed by atoms with van der Waals surface area (Å²) >= 11 is 0. The summed E-state index contributed by atoms with van der Waals surface area (Å²) in [6, 6.07) is 7.47. The number of amides is 2. The van der Waals surface area contributed by atoms with Crippen molar-refractivity contribution in [1.82, 2.24) is 9.88 Å². The van der Waals surface area contributed by atoms with Crippen molar-refractivity contribution in [2.45, 2.75) is 26.4 Å². The molecule has 0 fully saturated rings. The number of carbonyl (C=O) groups is 1. The van der Waals surface area contributed by atoms with E-state index < -0.39 is 0 Å². The second kappa shape index (κ2) is 7.99. The highest BCUT2D eigenvalue weighted by molar-refractivity contribution is 5.92. The van der Waals surface area contributed by atoms with Crippen molar-refractivity contribution in [1.29, 1.82) is 0 Å². The number of ether oxygens (including phenoxy) is 1. The van der Waals surface area contributed by atoms with Gasteiger partial charge < -0.3 is 25.0 Å². The largest absolute Gasteiger partial charge is 0.396 e. The van der Waals surface area contributed by atoms with Crippen LogP contribution in [0.15, 0.2) is 30.5 Å². The molecule has 2 unspecified atom stereocenters. The average molecular weight is 319 g/mol. The number of hydrogen-bond donors (Lipinski definition) is 3. The number of nitrogens with one attached hydrogen (secondary N) is 2. The van der Waals surface area contributed by atoms with Gasteiger partial charge in [-0.05, 0) is 36.4 Å². The minimum Gasteiger partial charge on any atom is -0.396 e. The lowest BCUT2D eigenvalue weighted by Crippen LogP contribution is -2.40. The second-order valence-corrected chi connectivity index (χ2v) is 5.82. The van der Waals surface area contributed by atoms with Crippen LogP contribution in [0.3, 0.4) is 0 Å². The number of aliphatic hydroxyl groups excluding tert-OH is 1. The van der Waals surface area contributed by atoms with Crippen LogP contribution in [0.2, 0.25) is 0 Å². The van der Waals surface area contributed by atoms with Gasteiger partial charge in [0.1, 0.15) is 0 Å². The minimum atomic E-state index is -0.271. The normalized spacial score (nSPS) is 13.7. The van der Waals surface area contributed by atoms with Crippen LogP contribution >= 0.6 is 0 Å². The number of methoxy groups -OCH3 is 1. The molecular weight excluding hydrogens is 294 g/mol. The Kier molecular flexibility index (Phi) is 6.01. The smallest absolute Gasteiger partial charge is 0.319 e. The van der Waals surface area contributed by atoms with E-state index in [0.717, 1.165) is 23.1 Å². The van der Waals surface area contributed by atoms with E-state index in [1.165, 1.54) is 0 Å². The van der Waals surface area contributed by atoms with E-state index in [9.17, 15) is 4.79 Å². The summed E-state index contributed by atoms with van der Waals surface area (Å²) in [5.74, 6) is 0.00880. The summed E-state index contributed by atoms with van der Waals surface area (Å²) in [5.41, 5.74) is 1.79. The van der Waals surface area contributed by atoms with Crippen LogP contribution in [0.1, 0.15) is 13.8 Å². The van der Waals surface area contributed by atoms with Crippen molar-refractivity contribution >= 4 is 22.6 Å². The monoisotopic (exact) mass is 319 g/mol. The maximum atomic E-state index is 12.0. The summed E-state index contributed by atoms with van der Waals surface area (Å²) in [6.07, 6.45) is 2.01. The molecule has 2 rings (SSSR count). The molecule has 0 aliphatic carbocycles. The van der Waals surface area contributed by atoms with Gasteiger partial charge >= 0.3 is 6.03 Å². The summed E-state index contributed by atoms with van der Waals surface area (Å²) in [5, 5.41) is 15.9. The number of aromatic nitrogens is 1. The van der Waals surface area contributed by atoms with Crippen LogP contribution in [0.25, 0.3) is 10.9 Å². The summed E-state index contributed by atoms with van der Waals surface area (Å²) in [6.45, 7) is 5.21. The van der Waals surface area contributed by atoms with Crippen molar-refractivity contribution in [2.24, 2.45) is 5.92 Å². The molecule has 2 aromatic rings. The molecule has 1 aromatic heterocycles. The Morgan fingerprint density at radius 3 is 2.83 bits per heavy atom. The first-order chi connectivity index (χ1) is 11.0. The molecule has 0 saturated carbocycles. The van der Waals surface area contributed by atoms with Crippen LogP contribution in [0, 0.1) is 5.92 Å². The van der Waals surface area contributed by atoms with Gasteiger partial charge in [0.05, 0.1) is 12.1 Å². The fourth-order valence-corrected chi connectivity index (χ4v) is 2.32. The van der Waals surface area contributed by atoms with E-state index in [-0.39, 0.29) is 24.6 Å². The number of rotatable bonds is 7. The Bertz CT molecular complexity index is 654. The number of carbonyl (C=O) groups excluding carboxylic acids is 1. The van der Waals surface area contributed by atoms with Gasteiger partial charge in [-0.2, -0.15) is 0 Å². The molecule has 0 bridgehead atoms. The van der Waals surface area contributed by atoms with Gasteiger partial charge in [-0.15, -0.1) is 0 Å². The summed E-state index contributed by atoms with van der Waals surface area (Å²) in [7, 11) is 1.68. The fourth-order valence-electron chi connectivity index (χ4n) is 2.32. The van der Waals surface area contributed by atoms with E-state index in [1.807, 2.05) is 44.3 Å². The SMILES string of the molecule is COCCn1ccc2ccc(NC(=O)NC(C)C(C)CO)cc21. The highest BCUT2D eigenvalue weighted by Crippen LogP contribution is 2.20. The Labute approximate surface area is 136 Å². The van der Waals surface area contributed by atoms with Gasteiger partial charge in [-0.3, -0.25) is 0 Å². The van der Waals surface area contributed by atoms with Crippen molar-refractivity contribution in [3.8, 4) is 0 Å². The molecule has 23 heavy (non-hydrogen) atoms. The molecule has 126 valence electrons. The molecule has 0 aliphatic heterocycles. The van der Waals surface area contributed by atoms with Crippen molar-refractivity contribution in [3.05, 3.63) is 30.5 Å². The second-order valence-electron chi connectivity index (χ2n) is 5.82. The van der Waals surface area contributed by atoms with Crippen LogP contribution in [-0.2, 0) is 11.3 Å². The van der Waals surface area contributed by atoms with E-state index >= 15 is 0 Å². The zero-order valence-electron chi connectivity index (χ0n) is 13.9. The maximum absolute atomic E-state index is 12.0. The molecular formula is C17H25N3O3. The molecule has 0 saturated heterocycles. The highest BCUT2D eigenvalue weighted by atomic mass is 16.5. The Morgan fingerprint density at radius 2 is 2.13 bits per heavy atom. The van der Waals surface area contributed by atoms with Gasteiger partial charge in [0.15, 0.2) is 0 Å². The first-order valence-electron chi connectivity index (χ1n) is 7.81. The van der Waals surface area contributed by atoms with Crippen molar-refractivity contribution in [2.75, 3.05) is 25.6 Å². The molecule has 6 nitrogen and oxygen atoms in total. The Hall–Kier alpha value is -2.05. The number of nitrogens with zero attached hydrogens (tertiary/aromatic N) is 1. The maximum Gasteiger partial charge on any atom is 0.319 e. The van der Waals surface area contributed by atoms with Crippen molar-refractivity contribution in [3.63, 3.8) is 0 Å². The Balaban J connectivity index is 2.06. The molecule has 6 heteroatoms. The lowest BCUT2D eigenvalue weighted by Gasteiger charge is -2.19. The number of urea groups is 1. The summed E-state index contributed by atoms with van der Waals surface area (Å²) in [4.78, 5) is 12.0. The molecule has 1 heterocycles. The van der Waals surface area contributed by atoms with Crippen LogP contribution in [0.5, 0.6) is 0 Å². The molecule has 3 N–H and O–H groups in total. The van der Waals surface area contributed by atoms with Gasteiger partial charge in [-0.25, -0.2) is 4.79 Å². The molecule has 0 spiro atoms. The van der Waals surface area contributed by atoms with Gasteiger partial charge in [0.2, 0.25) is 0 Å². The van der Waals surface area contributed by atoms with Gasteiger partial charge in [0, 0.05) is 38.2 Å². The third-order valence-corrected chi connectivity index (χ3v) is 4.07. The molecule has 0 aliphatic rings. The Morgan fingerprint density at radius 1 is 1.35 bits per heavy atom. The first kappa shape index (κ1) is 17.3. The molecule has 2 atom stereocenters. The quantitative estimate of drug-likeness (QED) is 0.733. The average Bonchev–Trinajstić information content (AvgIpc) is 2.94. The number of benzene rings is 1. The fraction of sp³-hybridized carbons (Fsp3) is 0.471. The van der Waals surface area contributed by atoms with E-state index in [1.54, 1.807) is 7.11 Å². The standard InChI is InChI=1S/C17H25N3O3/c1-12(11-21)13(2)18-17(22)19-15-5-4-14-6-7-20(8-9-23-3)16(14)10-15/h4-7,10,12-13,21H,8-9,11H2,1-3H3,(H2,18,19,22). The number of hydrogen-bond acceptors (Lipinski definition) is 3. The van der Waals surface area contributed by atoms with E-state index in [4.69, 9.17) is 9.84 Å². The van der Waals surface area contributed by atoms with Gasteiger partial charge in [-0.1, -0.05) is 13.0 Å². The molecule has 2 amide bonds. The number of anilines is 1. The minimum absolute atomic E-state index is 0.00880. The highest BCUT2D eigenvalue weighted by Gasteiger charge is 2.14. The molecule has 0 radical (unpaired) electrons. The lowest BCUT2D eigenvalue weighted by atomic mass is 10.1. The topological polar surface area (TPSA) is 75.5 Å². The third-order valence-electron chi connectivity index (χ3n) is 4.07. The first-order valence-corrected chi connectivity index (χ1v) is 7.81. The zero-order chi connectivity index (χ0) is 16.8. The van der Waals surface area contributed by atoms with Crippen LogP contribution in [0.4, 0.5) is 10.5 Å². The van der Waals surface area contributed by atoms with E-state index in [0.29, 0.717) is 6.61 Å². The predicted octanol–water partition coefficient (Wildman–Crippen LogP) is 2.43. The number of fused-ring (bicyclic) bond motifs is 1. The van der Waals surface area contributed by atoms with Crippen LogP contribution in [-0.4, -0.2) is 42.1 Å².